The Balaban J connectivity index is 2.36. The minimum Gasteiger partial charge on any atom is -0.173 e. The van der Waals surface area contributed by atoms with Crippen LogP contribution in [-0.2, 0) is 0 Å². The lowest BCUT2D eigenvalue weighted by Crippen LogP contribution is -2.13. The molecule has 0 N–H and O–H groups in total. The first kappa shape index (κ1) is 11.8. The molecule has 2 aromatic carbocycles. The van der Waals surface area contributed by atoms with Gasteiger partial charge in [0.25, 0.3) is 0 Å². The van der Waals surface area contributed by atoms with Crippen molar-refractivity contribution in [3.8, 4) is 12.4 Å². The number of aliphatic imine (C=N–C) groups is 2. The van der Waals surface area contributed by atoms with Gasteiger partial charge in [-0.3, -0.25) is 0 Å². The molecule has 0 spiro atoms. The number of hydrogen-bond acceptors (Lipinski definition) is 4. The van der Waals surface area contributed by atoms with Crippen LogP contribution in [0.15, 0.2) is 58.5 Å². The lowest BCUT2D eigenvalue weighted by molar-refractivity contribution is 1.42. The molecule has 0 atom stereocenters. The molecule has 2 aromatic rings. The van der Waals surface area contributed by atoms with Gasteiger partial charge < -0.3 is 0 Å². The molecule has 4 heteroatoms. The summed E-state index contributed by atoms with van der Waals surface area (Å²) in [6.07, 6.45) is 7.02. The van der Waals surface area contributed by atoms with Gasteiger partial charge in [0.2, 0.25) is 12.4 Å². The summed E-state index contributed by atoms with van der Waals surface area (Å²) in [4.78, 5) is 7.65. The maximum absolute atomic E-state index is 8.77. The average molecular weight is 256 g/mol. The standard InChI is InChI=1S/C16H8N4/c17-9-19-15-5-6-16(20-10-18)14-8-12-4-2-1-3-11(12)7-13(14)15/h1-8H/b19-15+,20-16+. The van der Waals surface area contributed by atoms with Gasteiger partial charge in [-0.05, 0) is 35.1 Å². The summed E-state index contributed by atoms with van der Waals surface area (Å²) in [6, 6.07) is 11.9. The third-order valence-corrected chi connectivity index (χ3v) is 3.18. The van der Waals surface area contributed by atoms with Gasteiger partial charge >= 0.3 is 0 Å². The van der Waals surface area contributed by atoms with Crippen molar-refractivity contribution in [2.75, 3.05) is 0 Å². The Bertz CT molecular complexity index is 801. The Morgan fingerprint density at radius 3 is 1.60 bits per heavy atom. The van der Waals surface area contributed by atoms with Crippen molar-refractivity contribution in [1.82, 2.24) is 0 Å². The van der Waals surface area contributed by atoms with Crippen LogP contribution in [0.3, 0.4) is 0 Å². The number of nitriles is 2. The number of fused-ring (bicyclic) bond motifs is 2. The van der Waals surface area contributed by atoms with Crippen molar-refractivity contribution in [2.45, 2.75) is 0 Å². The predicted octanol–water partition coefficient (Wildman–Crippen LogP) is 2.95. The second kappa shape index (κ2) is 4.79. The van der Waals surface area contributed by atoms with Gasteiger partial charge in [0.15, 0.2) is 0 Å². The molecule has 0 saturated carbocycles. The van der Waals surface area contributed by atoms with Crippen LogP contribution in [-0.4, -0.2) is 11.4 Å². The Hall–Kier alpha value is -3.24. The highest BCUT2D eigenvalue weighted by Crippen LogP contribution is 2.25. The topological polar surface area (TPSA) is 72.3 Å². The zero-order valence-electron chi connectivity index (χ0n) is 10.4. The summed E-state index contributed by atoms with van der Waals surface area (Å²) in [5, 5.41) is 19.7. The fourth-order valence-electron chi connectivity index (χ4n) is 2.30. The first-order chi connectivity index (χ1) is 9.83. The summed E-state index contributed by atoms with van der Waals surface area (Å²) < 4.78 is 0. The Morgan fingerprint density at radius 2 is 1.20 bits per heavy atom. The SMILES string of the molecule is N#C/N=C1C=C/C(=N\C#N)c2cc3ccccc3cc2\1. The molecule has 1 aliphatic rings. The van der Waals surface area contributed by atoms with Crippen LogP contribution in [0.25, 0.3) is 10.8 Å². The van der Waals surface area contributed by atoms with Crippen molar-refractivity contribution >= 4 is 22.2 Å². The quantitative estimate of drug-likeness (QED) is 0.680. The van der Waals surface area contributed by atoms with E-state index < -0.39 is 0 Å². The summed E-state index contributed by atoms with van der Waals surface area (Å²) in [5.41, 5.74) is 2.82. The molecular formula is C16H8N4. The molecule has 0 amide bonds. The van der Waals surface area contributed by atoms with Gasteiger partial charge in [0.1, 0.15) is 0 Å². The van der Waals surface area contributed by atoms with E-state index in [0.29, 0.717) is 11.4 Å². The van der Waals surface area contributed by atoms with E-state index in [0.717, 1.165) is 21.9 Å². The van der Waals surface area contributed by atoms with Gasteiger partial charge in [0.05, 0.1) is 11.4 Å². The maximum atomic E-state index is 8.77. The zero-order chi connectivity index (χ0) is 13.9. The van der Waals surface area contributed by atoms with E-state index in [1.165, 1.54) is 0 Å². The Labute approximate surface area is 115 Å². The van der Waals surface area contributed by atoms with E-state index in [2.05, 4.69) is 9.98 Å². The van der Waals surface area contributed by atoms with Crippen molar-refractivity contribution in [2.24, 2.45) is 9.98 Å². The monoisotopic (exact) mass is 256 g/mol. The van der Waals surface area contributed by atoms with E-state index in [9.17, 15) is 0 Å². The highest BCUT2D eigenvalue weighted by Gasteiger charge is 2.17. The second-order valence-corrected chi connectivity index (χ2v) is 4.27. The van der Waals surface area contributed by atoms with E-state index in [4.69, 9.17) is 10.5 Å². The molecule has 20 heavy (non-hydrogen) atoms. The minimum atomic E-state index is 0.588. The first-order valence-corrected chi connectivity index (χ1v) is 5.98. The maximum Gasteiger partial charge on any atom is 0.206 e. The summed E-state index contributed by atoms with van der Waals surface area (Å²) in [7, 11) is 0. The summed E-state index contributed by atoms with van der Waals surface area (Å²) in [5.74, 6) is 0. The molecule has 0 heterocycles. The predicted molar refractivity (Wildman–Crippen MR) is 77.4 cm³/mol. The van der Waals surface area contributed by atoms with E-state index in [-0.39, 0.29) is 0 Å². The van der Waals surface area contributed by atoms with Gasteiger partial charge in [-0.1, -0.05) is 24.3 Å². The van der Waals surface area contributed by atoms with Crippen LogP contribution in [0, 0.1) is 22.9 Å². The number of nitrogens with zero attached hydrogens (tertiary/aromatic N) is 4. The molecule has 0 bridgehead atoms. The van der Waals surface area contributed by atoms with Crippen molar-refractivity contribution in [1.29, 1.82) is 10.5 Å². The molecule has 0 aliphatic heterocycles. The molecule has 0 fully saturated rings. The lowest BCUT2D eigenvalue weighted by Gasteiger charge is -2.14. The molecule has 0 radical (unpaired) electrons. The summed E-state index contributed by atoms with van der Waals surface area (Å²) >= 11 is 0. The van der Waals surface area contributed by atoms with Crippen LogP contribution in [0.2, 0.25) is 0 Å². The number of rotatable bonds is 0. The molecule has 0 aromatic heterocycles. The first-order valence-electron chi connectivity index (χ1n) is 5.98. The van der Waals surface area contributed by atoms with E-state index in [1.54, 1.807) is 24.5 Å². The molecule has 0 saturated heterocycles. The second-order valence-electron chi connectivity index (χ2n) is 4.27. The molecule has 1 aliphatic carbocycles. The van der Waals surface area contributed by atoms with Gasteiger partial charge in [0, 0.05) is 11.1 Å². The Morgan fingerprint density at radius 1 is 0.750 bits per heavy atom. The fraction of sp³-hybridized carbons (Fsp3) is 0. The number of allylic oxidation sites excluding steroid dienone is 2. The van der Waals surface area contributed by atoms with Crippen LogP contribution < -0.4 is 0 Å². The van der Waals surface area contributed by atoms with Crippen LogP contribution >= 0.6 is 0 Å². The fourth-order valence-corrected chi connectivity index (χ4v) is 2.30. The van der Waals surface area contributed by atoms with Crippen LogP contribution in [0.5, 0.6) is 0 Å². The third kappa shape index (κ3) is 1.86. The lowest BCUT2D eigenvalue weighted by atomic mass is 9.90. The molecule has 0 unspecified atom stereocenters. The number of benzene rings is 2. The van der Waals surface area contributed by atoms with Gasteiger partial charge in [-0.15, -0.1) is 0 Å². The highest BCUT2D eigenvalue weighted by molar-refractivity contribution is 6.27. The number of hydrogen-bond donors (Lipinski definition) is 0. The van der Waals surface area contributed by atoms with Crippen LogP contribution in [0.1, 0.15) is 11.1 Å². The van der Waals surface area contributed by atoms with E-state index in [1.807, 2.05) is 36.4 Å². The largest absolute Gasteiger partial charge is 0.206 e. The van der Waals surface area contributed by atoms with Gasteiger partial charge in [-0.25, -0.2) is 0 Å². The molecule has 92 valence electrons. The van der Waals surface area contributed by atoms with Crippen molar-refractivity contribution in [3.05, 3.63) is 59.7 Å². The summed E-state index contributed by atoms with van der Waals surface area (Å²) in [6.45, 7) is 0. The zero-order valence-corrected chi connectivity index (χ0v) is 10.4. The Kier molecular flexibility index (Phi) is 2.84. The average Bonchev–Trinajstić information content (AvgIpc) is 2.48. The van der Waals surface area contributed by atoms with Crippen molar-refractivity contribution in [3.63, 3.8) is 0 Å². The minimum absolute atomic E-state index is 0.588. The molecular weight excluding hydrogens is 248 g/mol. The molecule has 3 rings (SSSR count). The van der Waals surface area contributed by atoms with E-state index >= 15 is 0 Å². The third-order valence-electron chi connectivity index (χ3n) is 3.18. The van der Waals surface area contributed by atoms with Crippen LogP contribution in [0.4, 0.5) is 0 Å². The van der Waals surface area contributed by atoms with Gasteiger partial charge in [-0.2, -0.15) is 20.5 Å². The highest BCUT2D eigenvalue weighted by atomic mass is 14.8. The van der Waals surface area contributed by atoms with Crippen molar-refractivity contribution < 1.29 is 0 Å². The smallest absolute Gasteiger partial charge is 0.173 e. The molecule has 4 nitrogen and oxygen atoms in total. The normalized spacial score (nSPS) is 16.9.